The van der Waals surface area contributed by atoms with Crippen molar-refractivity contribution in [3.8, 4) is 16.9 Å². The Hall–Kier alpha value is -4.66. The van der Waals surface area contributed by atoms with Gasteiger partial charge >= 0.3 is 5.97 Å². The lowest BCUT2D eigenvalue weighted by molar-refractivity contribution is -0.139. The number of aliphatic carboxylic acids is 1. The van der Waals surface area contributed by atoms with Crippen LogP contribution in [-0.4, -0.2) is 35.1 Å². The predicted octanol–water partition coefficient (Wildman–Crippen LogP) is 5.40. The molecule has 39 heavy (non-hydrogen) atoms. The van der Waals surface area contributed by atoms with Crippen molar-refractivity contribution in [2.45, 2.75) is 39.3 Å². The van der Waals surface area contributed by atoms with Crippen LogP contribution in [0.2, 0.25) is 0 Å². The zero-order chi connectivity index (χ0) is 27.9. The number of benzene rings is 2. The first kappa shape index (κ1) is 27.4. The zero-order valence-corrected chi connectivity index (χ0v) is 22.0. The second kappa shape index (κ2) is 12.3. The molecule has 0 saturated carbocycles. The topological polar surface area (TPSA) is 114 Å². The van der Waals surface area contributed by atoms with Crippen molar-refractivity contribution in [1.29, 1.82) is 0 Å². The summed E-state index contributed by atoms with van der Waals surface area (Å²) in [6.45, 7) is 3.89. The second-order valence-corrected chi connectivity index (χ2v) is 9.11. The molecule has 2 aromatic carbocycles. The third-order valence-corrected chi connectivity index (χ3v) is 6.39. The first-order valence-corrected chi connectivity index (χ1v) is 12.5. The molecule has 4 rings (SSSR count). The van der Waals surface area contributed by atoms with Gasteiger partial charge in [-0.25, -0.2) is 14.2 Å². The van der Waals surface area contributed by atoms with Crippen LogP contribution in [-0.2, 0) is 24.2 Å². The summed E-state index contributed by atoms with van der Waals surface area (Å²) in [4.78, 5) is 29.2. The number of hydrogen-bond donors (Lipinski definition) is 3. The zero-order valence-electron chi connectivity index (χ0n) is 22.0. The quantitative estimate of drug-likeness (QED) is 0.238. The van der Waals surface area contributed by atoms with Crippen LogP contribution in [0.5, 0.6) is 5.75 Å². The number of rotatable bonds is 11. The Kier molecular flexibility index (Phi) is 8.60. The van der Waals surface area contributed by atoms with Crippen LogP contribution in [0.25, 0.3) is 11.1 Å². The van der Waals surface area contributed by atoms with Gasteiger partial charge in [0.15, 0.2) is 0 Å². The van der Waals surface area contributed by atoms with Gasteiger partial charge in [0.25, 0.3) is 5.91 Å². The van der Waals surface area contributed by atoms with E-state index in [0.29, 0.717) is 41.2 Å². The van der Waals surface area contributed by atoms with E-state index in [-0.39, 0.29) is 6.42 Å². The first-order valence-electron chi connectivity index (χ1n) is 12.5. The van der Waals surface area contributed by atoms with Gasteiger partial charge in [-0.2, -0.15) is 0 Å². The van der Waals surface area contributed by atoms with Crippen molar-refractivity contribution in [3.05, 3.63) is 101 Å². The molecule has 0 aliphatic rings. The Balaban J connectivity index is 1.40. The number of carbonyl (C=O) groups is 2. The van der Waals surface area contributed by atoms with Gasteiger partial charge in [-0.05, 0) is 59.9 Å². The van der Waals surface area contributed by atoms with E-state index in [1.807, 2.05) is 37.3 Å². The van der Waals surface area contributed by atoms with E-state index in [0.717, 1.165) is 22.5 Å². The van der Waals surface area contributed by atoms with Crippen molar-refractivity contribution in [1.82, 2.24) is 10.3 Å². The van der Waals surface area contributed by atoms with Crippen LogP contribution in [0.15, 0.2) is 71.5 Å². The number of carboxylic acid groups (broad SMARTS) is 1. The van der Waals surface area contributed by atoms with E-state index in [1.54, 1.807) is 38.6 Å². The molecule has 4 aromatic rings. The highest BCUT2D eigenvalue weighted by molar-refractivity contribution is 5.99. The number of pyridine rings is 1. The fourth-order valence-electron chi connectivity index (χ4n) is 4.35. The number of aryl methyl sites for hydroxylation is 2. The third-order valence-electron chi connectivity index (χ3n) is 6.39. The molecule has 1 amide bonds. The minimum Gasteiger partial charge on any atom is -0.497 e. The summed E-state index contributed by atoms with van der Waals surface area (Å²) in [5.74, 6) is -0.0220. The summed E-state index contributed by atoms with van der Waals surface area (Å²) in [6.07, 6.45) is 3.85. The Morgan fingerprint density at radius 2 is 1.87 bits per heavy atom. The van der Waals surface area contributed by atoms with Crippen molar-refractivity contribution < 1.29 is 28.2 Å². The number of furan rings is 1. The van der Waals surface area contributed by atoms with E-state index in [9.17, 15) is 19.1 Å². The van der Waals surface area contributed by atoms with Crippen molar-refractivity contribution in [2.75, 3.05) is 12.4 Å². The van der Waals surface area contributed by atoms with Gasteiger partial charge in [0.2, 0.25) is 0 Å². The highest BCUT2D eigenvalue weighted by atomic mass is 19.1. The second-order valence-electron chi connectivity index (χ2n) is 9.11. The smallest absolute Gasteiger partial charge is 0.326 e. The number of carbonyl (C=O) groups excluding carboxylic acids is 1. The number of anilines is 1. The summed E-state index contributed by atoms with van der Waals surface area (Å²) in [5, 5.41) is 15.6. The number of ether oxygens (including phenoxy) is 1. The highest BCUT2D eigenvalue weighted by Crippen LogP contribution is 2.24. The third kappa shape index (κ3) is 6.81. The first-order chi connectivity index (χ1) is 18.8. The van der Waals surface area contributed by atoms with Gasteiger partial charge in [0.05, 0.1) is 19.9 Å². The predicted molar refractivity (Wildman–Crippen MR) is 145 cm³/mol. The van der Waals surface area contributed by atoms with Crippen LogP contribution in [0.4, 0.5) is 10.2 Å². The molecule has 8 nitrogen and oxygen atoms in total. The monoisotopic (exact) mass is 531 g/mol. The molecule has 0 aliphatic heterocycles. The van der Waals surface area contributed by atoms with Gasteiger partial charge < -0.3 is 24.9 Å². The van der Waals surface area contributed by atoms with E-state index < -0.39 is 23.7 Å². The van der Waals surface area contributed by atoms with Gasteiger partial charge in [-0.3, -0.25) is 4.79 Å². The Morgan fingerprint density at radius 1 is 1.10 bits per heavy atom. The molecule has 1 atom stereocenters. The van der Waals surface area contributed by atoms with Gasteiger partial charge in [-0.1, -0.05) is 31.2 Å². The van der Waals surface area contributed by atoms with Gasteiger partial charge in [0.1, 0.15) is 29.2 Å². The van der Waals surface area contributed by atoms with E-state index in [2.05, 4.69) is 15.6 Å². The van der Waals surface area contributed by atoms with Crippen LogP contribution < -0.4 is 15.4 Å². The van der Waals surface area contributed by atoms with Gasteiger partial charge in [0, 0.05) is 29.8 Å². The summed E-state index contributed by atoms with van der Waals surface area (Å²) >= 11 is 0. The molecular weight excluding hydrogens is 501 g/mol. The SMILES string of the molecule is CCc1cc(F)cc(C)c1C(=O)NC(Cc1ccc(-c2coc(CNc3cc(OC)ccn3)c2)cc1)C(=O)O. The molecule has 2 aromatic heterocycles. The molecule has 2 heterocycles. The molecule has 0 saturated heterocycles. The fraction of sp³-hybridized carbons (Fsp3) is 0.233. The maximum atomic E-state index is 13.8. The number of aromatic nitrogens is 1. The summed E-state index contributed by atoms with van der Waals surface area (Å²) in [5.41, 5.74) is 3.83. The maximum Gasteiger partial charge on any atom is 0.326 e. The van der Waals surface area contributed by atoms with Crippen molar-refractivity contribution >= 4 is 17.7 Å². The van der Waals surface area contributed by atoms with Crippen molar-refractivity contribution in [2.24, 2.45) is 0 Å². The van der Waals surface area contributed by atoms with Crippen LogP contribution in [0, 0.1) is 12.7 Å². The number of carboxylic acids is 1. The molecule has 9 heteroatoms. The molecule has 0 aliphatic carbocycles. The molecule has 0 spiro atoms. The minimum absolute atomic E-state index is 0.0944. The molecule has 202 valence electrons. The summed E-state index contributed by atoms with van der Waals surface area (Å²) in [7, 11) is 1.60. The molecule has 0 fully saturated rings. The van der Waals surface area contributed by atoms with Crippen molar-refractivity contribution in [3.63, 3.8) is 0 Å². The van der Waals surface area contributed by atoms with Gasteiger partial charge in [-0.15, -0.1) is 0 Å². The maximum absolute atomic E-state index is 13.8. The molecule has 1 unspecified atom stereocenters. The number of methoxy groups -OCH3 is 1. The Bertz CT molecular complexity index is 1470. The number of halogens is 1. The number of nitrogens with zero attached hydrogens (tertiary/aromatic N) is 1. The van der Waals surface area contributed by atoms with E-state index in [1.165, 1.54) is 12.1 Å². The average Bonchev–Trinajstić information content (AvgIpc) is 3.40. The van der Waals surface area contributed by atoms with Crippen LogP contribution in [0.1, 0.15) is 39.7 Å². The lowest BCUT2D eigenvalue weighted by atomic mass is 9.97. The largest absolute Gasteiger partial charge is 0.497 e. The van der Waals surface area contributed by atoms with Crippen LogP contribution in [0.3, 0.4) is 0 Å². The number of nitrogens with one attached hydrogen (secondary N) is 2. The molecule has 0 bridgehead atoms. The lowest BCUT2D eigenvalue weighted by Gasteiger charge is -2.17. The Morgan fingerprint density at radius 3 is 2.56 bits per heavy atom. The molecular formula is C30H30FN3O5. The number of amides is 1. The standard InChI is InChI=1S/C30H30FN3O5/c1-4-20-13-23(31)11-18(2)28(20)29(35)34-26(30(36)37)12-19-5-7-21(8-6-19)22-14-25(39-17-22)16-33-27-15-24(38-3)9-10-32-27/h5-11,13-15,17,26H,4,12,16H2,1-3H3,(H,32,33)(H,34,35)(H,36,37). The average molecular weight is 532 g/mol. The molecule has 0 radical (unpaired) electrons. The summed E-state index contributed by atoms with van der Waals surface area (Å²) in [6, 6.07) is 14.3. The molecule has 3 N–H and O–H groups in total. The lowest BCUT2D eigenvalue weighted by Crippen LogP contribution is -2.42. The van der Waals surface area contributed by atoms with E-state index in [4.69, 9.17) is 9.15 Å². The number of hydrogen-bond acceptors (Lipinski definition) is 6. The highest BCUT2D eigenvalue weighted by Gasteiger charge is 2.24. The van der Waals surface area contributed by atoms with E-state index >= 15 is 0 Å². The fourth-order valence-corrected chi connectivity index (χ4v) is 4.35. The summed E-state index contributed by atoms with van der Waals surface area (Å²) < 4.78 is 24.7. The van der Waals surface area contributed by atoms with Crippen LogP contribution >= 0.6 is 0 Å². The normalized spacial score (nSPS) is 11.6. The minimum atomic E-state index is -1.15. The Labute approximate surface area is 225 Å².